The van der Waals surface area contributed by atoms with E-state index in [0.717, 1.165) is 42.7 Å². The van der Waals surface area contributed by atoms with Crippen LogP contribution in [0.4, 0.5) is 4.79 Å². The van der Waals surface area contributed by atoms with Crippen LogP contribution in [0.5, 0.6) is 0 Å². The van der Waals surface area contributed by atoms with Crippen LogP contribution >= 0.6 is 11.3 Å². The number of carbonyl (C=O) groups is 1. The van der Waals surface area contributed by atoms with Crippen LogP contribution in [-0.4, -0.2) is 28.6 Å². The third kappa shape index (κ3) is 3.69. The second kappa shape index (κ2) is 7.60. The van der Waals surface area contributed by atoms with Gasteiger partial charge in [-0.25, -0.2) is 4.79 Å². The van der Waals surface area contributed by atoms with Crippen LogP contribution in [0.25, 0.3) is 16.8 Å². The minimum absolute atomic E-state index is 0.155. The number of amides is 2. The molecule has 1 aromatic heterocycles. The molecule has 0 unspecified atom stereocenters. The lowest BCUT2D eigenvalue weighted by Gasteiger charge is -2.11. The van der Waals surface area contributed by atoms with E-state index in [1.807, 2.05) is 64.7 Å². The van der Waals surface area contributed by atoms with Crippen LogP contribution < -0.4 is 4.80 Å². The third-order valence-electron chi connectivity index (χ3n) is 4.65. The maximum atomic E-state index is 12.3. The van der Waals surface area contributed by atoms with Crippen LogP contribution in [0.2, 0.25) is 0 Å². The molecule has 0 radical (unpaired) electrons. The van der Waals surface area contributed by atoms with Gasteiger partial charge in [-0.1, -0.05) is 24.3 Å². The number of urea groups is 1. The highest BCUT2D eigenvalue weighted by molar-refractivity contribution is 7.07. The number of carbonyl (C=O) groups excluding carboxylic acids is 1. The number of thiazole rings is 1. The largest absolute Gasteiger partial charge is 0.346 e. The summed E-state index contributed by atoms with van der Waals surface area (Å²) in [6, 6.07) is 17.6. The fraction of sp³-hybridized carbons (Fsp3) is 0.190. The Labute approximate surface area is 161 Å². The first kappa shape index (κ1) is 17.3. The molecule has 0 aliphatic carbocycles. The van der Waals surface area contributed by atoms with Gasteiger partial charge < -0.3 is 4.90 Å². The highest BCUT2D eigenvalue weighted by atomic mass is 32.1. The van der Waals surface area contributed by atoms with Crippen molar-refractivity contribution >= 4 is 17.4 Å². The normalized spacial score (nSPS) is 14.3. The van der Waals surface area contributed by atoms with Gasteiger partial charge in [0, 0.05) is 30.4 Å². The summed E-state index contributed by atoms with van der Waals surface area (Å²) in [5.74, 6) is 0. The van der Waals surface area contributed by atoms with Gasteiger partial charge in [0.1, 0.15) is 0 Å². The van der Waals surface area contributed by atoms with Gasteiger partial charge in [-0.3, -0.25) is 4.57 Å². The zero-order valence-electron chi connectivity index (χ0n) is 14.7. The molecule has 6 heteroatoms. The third-order valence-corrected chi connectivity index (χ3v) is 5.41. The lowest BCUT2D eigenvalue weighted by atomic mass is 10.0. The molecule has 0 spiro atoms. The van der Waals surface area contributed by atoms with Crippen LogP contribution in [0, 0.1) is 11.3 Å². The van der Waals surface area contributed by atoms with E-state index < -0.39 is 0 Å². The second-order valence-electron chi connectivity index (χ2n) is 6.38. The molecule has 5 nitrogen and oxygen atoms in total. The summed E-state index contributed by atoms with van der Waals surface area (Å²) in [5.41, 5.74) is 3.75. The fourth-order valence-corrected chi connectivity index (χ4v) is 3.88. The molecule has 134 valence electrons. The minimum atomic E-state index is -0.155. The lowest BCUT2D eigenvalue weighted by Crippen LogP contribution is -2.27. The molecule has 4 rings (SSSR count). The Hall–Kier alpha value is -3.17. The monoisotopic (exact) mass is 374 g/mol. The number of hydrogen-bond donors (Lipinski definition) is 0. The van der Waals surface area contributed by atoms with Gasteiger partial charge in [0.15, 0.2) is 4.80 Å². The molecule has 0 N–H and O–H groups in total. The predicted molar refractivity (Wildman–Crippen MR) is 106 cm³/mol. The van der Waals surface area contributed by atoms with Gasteiger partial charge in [-0.05, 0) is 48.2 Å². The van der Waals surface area contributed by atoms with E-state index in [0.29, 0.717) is 10.4 Å². The first-order valence-electron chi connectivity index (χ1n) is 8.85. The van der Waals surface area contributed by atoms with Crippen molar-refractivity contribution in [1.82, 2.24) is 9.47 Å². The molecular weight excluding hydrogens is 356 g/mol. The highest BCUT2D eigenvalue weighted by Gasteiger charge is 2.17. The molecule has 1 fully saturated rings. The Balaban J connectivity index is 1.60. The topological polar surface area (TPSA) is 61.4 Å². The van der Waals surface area contributed by atoms with Crippen molar-refractivity contribution in [3.05, 3.63) is 70.5 Å². The highest BCUT2D eigenvalue weighted by Crippen LogP contribution is 2.21. The quantitative estimate of drug-likeness (QED) is 0.675. The summed E-state index contributed by atoms with van der Waals surface area (Å²) >= 11 is 1.45. The maximum absolute atomic E-state index is 12.3. The number of nitrogens with zero attached hydrogens (tertiary/aromatic N) is 4. The van der Waals surface area contributed by atoms with Crippen molar-refractivity contribution in [3.8, 4) is 22.9 Å². The second-order valence-corrected chi connectivity index (χ2v) is 7.25. The van der Waals surface area contributed by atoms with Crippen molar-refractivity contribution in [2.24, 2.45) is 4.99 Å². The molecule has 0 saturated carbocycles. The standard InChI is InChI=1S/C21H18N4OS/c22-15-16-3-5-17(6-4-16)18-7-9-19(10-8-18)25-13-14-27-21(25)23-20(26)24-11-1-2-12-24/h3-10,13-14H,1-2,11-12H2. The van der Waals surface area contributed by atoms with Gasteiger partial charge >= 0.3 is 6.03 Å². The van der Waals surface area contributed by atoms with Crippen LogP contribution in [0.15, 0.2) is 65.1 Å². The number of nitriles is 1. The number of rotatable bonds is 2. The summed E-state index contributed by atoms with van der Waals surface area (Å²) in [4.78, 5) is 19.1. The van der Waals surface area contributed by atoms with Gasteiger partial charge in [0.25, 0.3) is 0 Å². The summed E-state index contributed by atoms with van der Waals surface area (Å²) in [5, 5.41) is 10.8. The first-order valence-corrected chi connectivity index (χ1v) is 9.73. The molecule has 0 atom stereocenters. The molecule has 2 heterocycles. The van der Waals surface area contributed by atoms with E-state index in [1.54, 1.807) is 4.90 Å². The SMILES string of the molecule is N#Cc1ccc(-c2ccc(-n3ccsc3=NC(=O)N3CCCC3)cc2)cc1. The lowest BCUT2D eigenvalue weighted by molar-refractivity contribution is 0.218. The number of benzene rings is 2. The number of aromatic nitrogens is 1. The van der Waals surface area contributed by atoms with E-state index in [2.05, 4.69) is 11.1 Å². The summed E-state index contributed by atoms with van der Waals surface area (Å²) in [6.45, 7) is 1.60. The summed E-state index contributed by atoms with van der Waals surface area (Å²) in [7, 11) is 0. The molecule has 1 saturated heterocycles. The molecule has 1 aliphatic rings. The zero-order valence-corrected chi connectivity index (χ0v) is 15.5. The Morgan fingerprint density at radius 2 is 1.63 bits per heavy atom. The summed E-state index contributed by atoms with van der Waals surface area (Å²) < 4.78 is 1.93. The van der Waals surface area contributed by atoms with Crippen molar-refractivity contribution < 1.29 is 4.79 Å². The Kier molecular flexibility index (Phi) is 4.86. The Morgan fingerprint density at radius 3 is 2.26 bits per heavy atom. The molecule has 2 amide bonds. The van der Waals surface area contributed by atoms with Crippen molar-refractivity contribution in [2.75, 3.05) is 13.1 Å². The van der Waals surface area contributed by atoms with E-state index in [1.165, 1.54) is 11.3 Å². The van der Waals surface area contributed by atoms with Gasteiger partial charge in [-0.2, -0.15) is 10.3 Å². The number of hydrogen-bond acceptors (Lipinski definition) is 3. The molecule has 27 heavy (non-hydrogen) atoms. The van der Waals surface area contributed by atoms with Gasteiger partial charge in [-0.15, -0.1) is 11.3 Å². The van der Waals surface area contributed by atoms with E-state index in [9.17, 15) is 4.79 Å². The molecule has 3 aromatic rings. The van der Waals surface area contributed by atoms with Gasteiger partial charge in [0.2, 0.25) is 0 Å². The first-order chi connectivity index (χ1) is 13.2. The van der Waals surface area contributed by atoms with E-state index >= 15 is 0 Å². The van der Waals surface area contributed by atoms with E-state index in [4.69, 9.17) is 5.26 Å². The van der Waals surface area contributed by atoms with Crippen molar-refractivity contribution in [1.29, 1.82) is 5.26 Å². The number of likely N-dealkylation sites (tertiary alicyclic amines) is 1. The summed E-state index contributed by atoms with van der Waals surface area (Å²) in [6.07, 6.45) is 4.04. The molecular formula is C21H18N4OS. The minimum Gasteiger partial charge on any atom is -0.323 e. The van der Waals surface area contributed by atoms with Crippen LogP contribution in [0.3, 0.4) is 0 Å². The smallest absolute Gasteiger partial charge is 0.323 e. The Morgan fingerprint density at radius 1 is 1.00 bits per heavy atom. The van der Waals surface area contributed by atoms with Crippen LogP contribution in [-0.2, 0) is 0 Å². The predicted octanol–water partition coefficient (Wildman–Crippen LogP) is 4.19. The molecule has 0 bridgehead atoms. The average molecular weight is 374 g/mol. The van der Waals surface area contributed by atoms with Crippen molar-refractivity contribution in [2.45, 2.75) is 12.8 Å². The van der Waals surface area contributed by atoms with Crippen LogP contribution in [0.1, 0.15) is 18.4 Å². The molecule has 2 aromatic carbocycles. The van der Waals surface area contributed by atoms with Crippen molar-refractivity contribution in [3.63, 3.8) is 0 Å². The van der Waals surface area contributed by atoms with Gasteiger partial charge in [0.05, 0.1) is 11.6 Å². The fourth-order valence-electron chi connectivity index (χ4n) is 3.16. The maximum Gasteiger partial charge on any atom is 0.346 e. The Bertz CT molecular complexity index is 1050. The molecule has 1 aliphatic heterocycles. The zero-order chi connectivity index (χ0) is 18.6. The van der Waals surface area contributed by atoms with E-state index in [-0.39, 0.29) is 6.03 Å². The average Bonchev–Trinajstić information content (AvgIpc) is 3.40.